The van der Waals surface area contributed by atoms with Crippen molar-refractivity contribution in [2.75, 3.05) is 0 Å². The van der Waals surface area contributed by atoms with Crippen LogP contribution in [0.15, 0.2) is 164 Å². The molecule has 0 saturated heterocycles. The minimum Gasteiger partial charge on any atom is -0.297 e. The maximum Gasteiger partial charge on any atom is 0.111 e. The Balaban J connectivity index is 1.34. The highest BCUT2D eigenvalue weighted by molar-refractivity contribution is 7.25. The van der Waals surface area contributed by atoms with E-state index in [1.54, 1.807) is 15.9 Å². The number of aromatic nitrogens is 2. The van der Waals surface area contributed by atoms with Crippen molar-refractivity contribution < 1.29 is 11.0 Å². The van der Waals surface area contributed by atoms with Crippen molar-refractivity contribution in [1.82, 2.24) is 9.55 Å². The van der Waals surface area contributed by atoms with Gasteiger partial charge >= 0.3 is 0 Å². The molecule has 0 saturated carbocycles. The van der Waals surface area contributed by atoms with E-state index in [-0.39, 0.29) is 35.6 Å². The number of imidazole rings is 1. The normalized spacial score (nSPS) is 14.4. The van der Waals surface area contributed by atoms with E-state index in [0.717, 1.165) is 59.3 Å². The number of fused-ring (bicyclic) bond motifs is 6. The van der Waals surface area contributed by atoms with Gasteiger partial charge in [-0.05, 0) is 104 Å². The lowest BCUT2D eigenvalue weighted by atomic mass is 9.84. The maximum atomic E-state index is 8.88. The van der Waals surface area contributed by atoms with E-state index < -0.39 is 12.9 Å². The highest BCUT2D eigenvalue weighted by Crippen LogP contribution is 2.48. The van der Waals surface area contributed by atoms with Crippen LogP contribution in [0.1, 0.15) is 16.8 Å². The number of para-hydroxylation sites is 2. The van der Waals surface area contributed by atoms with Crippen LogP contribution < -0.4 is 0 Å². The molecule has 8 aromatic carbocycles. The number of rotatable bonds is 4. The second-order valence-electron chi connectivity index (χ2n) is 12.1. The van der Waals surface area contributed by atoms with Crippen LogP contribution in [-0.4, -0.2) is 9.55 Å². The molecule has 0 atom stereocenters. The van der Waals surface area contributed by atoms with E-state index in [2.05, 4.69) is 53.5 Å². The summed E-state index contributed by atoms with van der Waals surface area (Å²) in [5.74, 6) is -0.0229. The van der Waals surface area contributed by atoms with Gasteiger partial charge in [0.2, 0.25) is 0 Å². The quantitative estimate of drug-likeness (QED) is 0.173. The van der Waals surface area contributed by atoms with Gasteiger partial charge in [0, 0.05) is 30.0 Å². The first-order valence-electron chi connectivity index (χ1n) is 20.1. The molecule has 0 aliphatic heterocycles. The van der Waals surface area contributed by atoms with Crippen LogP contribution >= 0.6 is 11.3 Å². The van der Waals surface area contributed by atoms with Crippen molar-refractivity contribution in [2.45, 2.75) is 6.85 Å². The van der Waals surface area contributed by atoms with Gasteiger partial charge in [0.15, 0.2) is 0 Å². The average Bonchev–Trinajstić information content (AvgIpc) is 3.81. The van der Waals surface area contributed by atoms with E-state index in [0.29, 0.717) is 22.3 Å². The summed E-state index contributed by atoms with van der Waals surface area (Å²) in [5.41, 5.74) is 6.32. The zero-order chi connectivity index (χ0) is 39.3. The predicted molar refractivity (Wildman–Crippen MR) is 210 cm³/mol. The molecule has 0 bridgehead atoms. The third kappa shape index (κ3) is 4.36. The minimum atomic E-state index is -2.47. The van der Waals surface area contributed by atoms with Gasteiger partial charge < -0.3 is 0 Å². The molecule has 0 fully saturated rings. The van der Waals surface area contributed by atoms with Crippen LogP contribution in [0, 0.1) is 6.85 Å². The lowest BCUT2D eigenvalue weighted by Crippen LogP contribution is -1.98. The molecule has 3 heteroatoms. The first kappa shape index (κ1) is 21.0. The molecule has 49 heavy (non-hydrogen) atoms. The van der Waals surface area contributed by atoms with Gasteiger partial charge in [0.25, 0.3) is 0 Å². The summed E-state index contributed by atoms with van der Waals surface area (Å²) >= 11 is 1.74. The molecule has 0 amide bonds. The predicted octanol–water partition coefficient (Wildman–Crippen LogP) is 13.0. The van der Waals surface area contributed by atoms with Crippen molar-refractivity contribution in [3.8, 4) is 39.1 Å². The molecule has 0 N–H and O–H groups in total. The standard InChI is InChI=1S/C46H30N2S/c1-29-47-40-21-8-9-22-41(40)48(29)33-16-11-15-32(27-33)44-34-17-5-6-18-35(34)45(39-28-31(25-26-36(39)44)30-13-3-2-4-14-30)38-20-12-24-43-46(38)37-19-7-10-23-42(37)49-43/h2-28H,1H3/i1D3,2D,3D,4D,13D,14D. The Kier molecular flexibility index (Phi) is 4.73. The Morgan fingerprint density at radius 1 is 0.571 bits per heavy atom. The van der Waals surface area contributed by atoms with Gasteiger partial charge in [-0.1, -0.05) is 121 Å². The van der Waals surface area contributed by atoms with E-state index >= 15 is 0 Å². The summed E-state index contributed by atoms with van der Waals surface area (Å²) in [7, 11) is 0. The first-order chi connectivity index (χ1) is 27.5. The molecule has 230 valence electrons. The van der Waals surface area contributed by atoms with Crippen LogP contribution in [0.3, 0.4) is 0 Å². The summed E-state index contributed by atoms with van der Waals surface area (Å²) in [5, 5.41) is 5.95. The largest absolute Gasteiger partial charge is 0.297 e. The fourth-order valence-electron chi connectivity index (χ4n) is 7.40. The zero-order valence-electron chi connectivity index (χ0n) is 34.0. The molecule has 0 spiro atoms. The second-order valence-corrected chi connectivity index (χ2v) is 13.2. The zero-order valence-corrected chi connectivity index (χ0v) is 26.8. The Morgan fingerprint density at radius 2 is 1.31 bits per heavy atom. The summed E-state index contributed by atoms with van der Waals surface area (Å²) in [6.07, 6.45) is 0. The van der Waals surface area contributed by atoms with Crippen molar-refractivity contribution >= 4 is 64.1 Å². The summed E-state index contributed by atoms with van der Waals surface area (Å²) < 4.78 is 72.1. The smallest absolute Gasteiger partial charge is 0.111 e. The Labute approximate surface area is 299 Å². The van der Waals surface area contributed by atoms with Gasteiger partial charge in [0.1, 0.15) is 5.82 Å². The lowest BCUT2D eigenvalue weighted by Gasteiger charge is -2.20. The lowest BCUT2D eigenvalue weighted by molar-refractivity contribution is 1.00. The van der Waals surface area contributed by atoms with E-state index in [9.17, 15) is 0 Å². The molecule has 0 aliphatic carbocycles. The molecule has 0 unspecified atom stereocenters. The molecule has 0 radical (unpaired) electrons. The van der Waals surface area contributed by atoms with Gasteiger partial charge in [-0.2, -0.15) is 0 Å². The SMILES string of the molecule is [2H]c1c([2H])c([2H])c(-c2ccc3c(-c4cccc(-n5c(C([2H])([2H])[2H])nc6ccccc65)c4)c4ccccc4c(-c4cccc5sc6ccccc6c45)c3c2)c([2H])c1[2H]. The van der Waals surface area contributed by atoms with Gasteiger partial charge in [-0.25, -0.2) is 4.98 Å². The van der Waals surface area contributed by atoms with Crippen molar-refractivity contribution in [3.05, 3.63) is 169 Å². The van der Waals surface area contributed by atoms with Crippen LogP contribution in [-0.2, 0) is 0 Å². The Bertz CT molecular complexity index is 3280. The third-order valence-electron chi connectivity index (χ3n) is 9.44. The van der Waals surface area contributed by atoms with Crippen molar-refractivity contribution in [3.63, 3.8) is 0 Å². The van der Waals surface area contributed by atoms with Crippen LogP contribution in [0.25, 0.3) is 91.8 Å². The number of aryl methyl sites for hydroxylation is 1. The number of thiophene rings is 1. The second kappa shape index (κ2) is 11.0. The van der Waals surface area contributed by atoms with Crippen LogP contribution in [0.4, 0.5) is 0 Å². The molecule has 2 heterocycles. The van der Waals surface area contributed by atoms with Crippen LogP contribution in [0.5, 0.6) is 0 Å². The molecule has 2 nitrogen and oxygen atoms in total. The number of nitrogens with zero attached hydrogens (tertiary/aromatic N) is 2. The Hall–Kier alpha value is -6.03. The van der Waals surface area contributed by atoms with Gasteiger partial charge in [-0.3, -0.25) is 4.57 Å². The van der Waals surface area contributed by atoms with E-state index in [1.807, 2.05) is 84.9 Å². The fraction of sp³-hybridized carbons (Fsp3) is 0.0217. The highest BCUT2D eigenvalue weighted by Gasteiger charge is 2.21. The molecule has 10 aromatic rings. The van der Waals surface area contributed by atoms with E-state index in [1.165, 1.54) is 4.70 Å². The minimum absolute atomic E-state index is 0.0229. The van der Waals surface area contributed by atoms with Crippen molar-refractivity contribution in [2.24, 2.45) is 0 Å². The first-order valence-corrected chi connectivity index (χ1v) is 16.9. The maximum absolute atomic E-state index is 8.88. The highest BCUT2D eigenvalue weighted by atomic mass is 32.1. The summed E-state index contributed by atoms with van der Waals surface area (Å²) in [6, 6.07) is 42.3. The molecule has 2 aromatic heterocycles. The summed E-state index contributed by atoms with van der Waals surface area (Å²) in [6.45, 7) is -2.47. The monoisotopic (exact) mass is 650 g/mol. The molecular formula is C46H30N2S. The number of hydrogen-bond donors (Lipinski definition) is 0. The average molecular weight is 651 g/mol. The van der Waals surface area contributed by atoms with Gasteiger partial charge in [0.05, 0.1) is 17.9 Å². The third-order valence-corrected chi connectivity index (χ3v) is 10.6. The molecule has 10 rings (SSSR count). The topological polar surface area (TPSA) is 17.8 Å². The Morgan fingerprint density at radius 3 is 2.18 bits per heavy atom. The summed E-state index contributed by atoms with van der Waals surface area (Å²) in [4.78, 5) is 4.55. The van der Waals surface area contributed by atoms with Crippen LogP contribution in [0.2, 0.25) is 0 Å². The molecular weight excluding hydrogens is 613 g/mol. The number of benzene rings is 8. The van der Waals surface area contributed by atoms with E-state index in [4.69, 9.17) is 11.0 Å². The van der Waals surface area contributed by atoms with Crippen molar-refractivity contribution in [1.29, 1.82) is 0 Å². The van der Waals surface area contributed by atoms with Gasteiger partial charge in [-0.15, -0.1) is 11.3 Å². The fourth-order valence-corrected chi connectivity index (χ4v) is 8.53. The number of hydrogen-bond acceptors (Lipinski definition) is 2. The molecule has 0 aliphatic rings.